The number of hydrogen-bond acceptors (Lipinski definition) is 2. The smallest absolute Gasteiger partial charge is 0.126 e. The van der Waals surface area contributed by atoms with Crippen molar-refractivity contribution >= 4 is 0 Å². The van der Waals surface area contributed by atoms with Crippen molar-refractivity contribution in [2.75, 3.05) is 26.8 Å². The Morgan fingerprint density at radius 3 is 2.71 bits per heavy atom. The molecule has 3 aliphatic rings. The minimum absolute atomic E-state index is 0.403. The van der Waals surface area contributed by atoms with Crippen LogP contribution in [0.4, 0.5) is 0 Å². The van der Waals surface area contributed by atoms with Crippen LogP contribution in [0.1, 0.15) is 32.3 Å². The molecule has 1 saturated carbocycles. The average molecular weight is 330 g/mol. The van der Waals surface area contributed by atoms with Crippen molar-refractivity contribution in [3.8, 4) is 0 Å². The van der Waals surface area contributed by atoms with Gasteiger partial charge in [0.2, 0.25) is 0 Å². The molecule has 3 heteroatoms. The number of allylic oxidation sites excluding steroid dienone is 1. The third-order valence-electron chi connectivity index (χ3n) is 6.09. The Labute approximate surface area is 146 Å². The zero-order chi connectivity index (χ0) is 17.2. The summed E-state index contributed by atoms with van der Waals surface area (Å²) in [6, 6.07) is 10.4. The van der Waals surface area contributed by atoms with E-state index in [0.29, 0.717) is 31.1 Å². The van der Waals surface area contributed by atoms with E-state index >= 15 is 0 Å². The topological polar surface area (TPSA) is 33.9 Å². The van der Waals surface area contributed by atoms with Crippen molar-refractivity contribution in [2.45, 2.75) is 39.3 Å². The van der Waals surface area contributed by atoms with Gasteiger partial charge in [-0.2, -0.15) is 0 Å². The van der Waals surface area contributed by atoms with Gasteiger partial charge in [0.15, 0.2) is 0 Å². The Bertz CT molecular complexity index is 566. The van der Waals surface area contributed by atoms with Crippen LogP contribution in [0.3, 0.4) is 0 Å². The first-order valence-corrected chi connectivity index (χ1v) is 9.26. The first-order valence-electron chi connectivity index (χ1n) is 9.26. The number of likely N-dealkylation sites (N-methyl/N-ethyl adjacent to an activating group) is 1. The maximum absolute atomic E-state index is 10.2. The Morgan fingerprint density at radius 2 is 2.04 bits per heavy atom. The fourth-order valence-electron chi connectivity index (χ4n) is 4.43. The SMILES string of the molecule is C[NH+](Cc1ccccc1)C[C@@H](O)COCC1=CC[C@@H]2C[C@H]1C2(C)C. The molecule has 2 bridgehead atoms. The molecule has 0 aliphatic heterocycles. The van der Waals surface area contributed by atoms with Gasteiger partial charge in [0, 0.05) is 5.56 Å². The van der Waals surface area contributed by atoms with Crippen LogP contribution < -0.4 is 4.90 Å². The molecule has 1 aromatic carbocycles. The quantitative estimate of drug-likeness (QED) is 0.716. The summed E-state index contributed by atoms with van der Waals surface area (Å²) < 4.78 is 5.84. The first kappa shape index (κ1) is 17.7. The summed E-state index contributed by atoms with van der Waals surface area (Å²) in [5.74, 6) is 1.56. The van der Waals surface area contributed by atoms with Gasteiger partial charge in [0.1, 0.15) is 19.2 Å². The van der Waals surface area contributed by atoms with Crippen molar-refractivity contribution in [3.63, 3.8) is 0 Å². The summed E-state index contributed by atoms with van der Waals surface area (Å²) in [6.07, 6.45) is 4.51. The molecule has 24 heavy (non-hydrogen) atoms. The highest BCUT2D eigenvalue weighted by Crippen LogP contribution is 2.59. The molecule has 0 spiro atoms. The summed E-state index contributed by atoms with van der Waals surface area (Å²) in [4.78, 5) is 1.30. The van der Waals surface area contributed by atoms with Crippen LogP contribution in [-0.2, 0) is 11.3 Å². The maximum atomic E-state index is 10.2. The van der Waals surface area contributed by atoms with Crippen molar-refractivity contribution in [2.24, 2.45) is 17.3 Å². The molecular weight excluding hydrogens is 298 g/mol. The van der Waals surface area contributed by atoms with E-state index in [1.807, 2.05) is 6.07 Å². The van der Waals surface area contributed by atoms with Crippen LogP contribution >= 0.6 is 0 Å². The Kier molecular flexibility index (Phi) is 5.43. The molecule has 3 nitrogen and oxygen atoms in total. The first-order chi connectivity index (χ1) is 11.5. The van der Waals surface area contributed by atoms with E-state index < -0.39 is 6.10 Å². The molecule has 4 rings (SSSR count). The molecule has 0 amide bonds. The van der Waals surface area contributed by atoms with E-state index in [9.17, 15) is 5.11 Å². The van der Waals surface area contributed by atoms with Gasteiger partial charge in [-0.1, -0.05) is 50.3 Å². The second-order valence-corrected chi connectivity index (χ2v) is 8.31. The minimum Gasteiger partial charge on any atom is -0.385 e. The van der Waals surface area contributed by atoms with E-state index in [2.05, 4.69) is 51.2 Å². The fourth-order valence-corrected chi connectivity index (χ4v) is 4.43. The van der Waals surface area contributed by atoms with Gasteiger partial charge in [-0.25, -0.2) is 0 Å². The van der Waals surface area contributed by atoms with Gasteiger partial charge in [0.05, 0.1) is 20.3 Å². The number of fused-ring (bicyclic) bond motifs is 1. The molecule has 4 atom stereocenters. The molecule has 0 radical (unpaired) electrons. The second kappa shape index (κ2) is 7.38. The molecule has 1 unspecified atom stereocenters. The molecular formula is C21H32NO2+. The lowest BCUT2D eigenvalue weighted by Crippen LogP contribution is -3.08. The maximum Gasteiger partial charge on any atom is 0.126 e. The van der Waals surface area contributed by atoms with E-state index in [1.54, 1.807) is 0 Å². The average Bonchev–Trinajstić information content (AvgIpc) is 2.55. The number of nitrogens with one attached hydrogen (secondary N) is 1. The minimum atomic E-state index is -0.403. The monoisotopic (exact) mass is 330 g/mol. The second-order valence-electron chi connectivity index (χ2n) is 8.31. The Morgan fingerprint density at radius 1 is 1.29 bits per heavy atom. The van der Waals surface area contributed by atoms with Crippen molar-refractivity contribution in [3.05, 3.63) is 47.5 Å². The summed E-state index contributed by atoms with van der Waals surface area (Å²) >= 11 is 0. The Hall–Kier alpha value is -1.16. The van der Waals surface area contributed by atoms with Gasteiger partial charge in [-0.3, -0.25) is 0 Å². The van der Waals surface area contributed by atoms with Crippen LogP contribution in [0.25, 0.3) is 0 Å². The predicted molar refractivity (Wildman–Crippen MR) is 96.8 cm³/mol. The van der Waals surface area contributed by atoms with Gasteiger partial charge in [-0.15, -0.1) is 0 Å². The number of aliphatic hydroxyl groups excluding tert-OH is 1. The third kappa shape index (κ3) is 3.90. The lowest BCUT2D eigenvalue weighted by molar-refractivity contribution is -0.897. The fraction of sp³-hybridized carbons (Fsp3) is 0.619. The van der Waals surface area contributed by atoms with Crippen molar-refractivity contribution in [1.29, 1.82) is 0 Å². The molecule has 0 aromatic heterocycles. The molecule has 0 heterocycles. The van der Waals surface area contributed by atoms with E-state index in [1.165, 1.54) is 28.9 Å². The standard InChI is InChI=1S/C21H31NO2/c1-21(2)18-10-9-17(20(21)11-18)14-24-15-19(23)13-22(3)12-16-7-5-4-6-8-16/h4-9,18-20,23H,10-15H2,1-3H3/p+1/t18-,19-,20-/m1/s1. The van der Waals surface area contributed by atoms with Gasteiger partial charge >= 0.3 is 0 Å². The van der Waals surface area contributed by atoms with Gasteiger partial charge in [-0.05, 0) is 35.7 Å². The number of quaternary nitrogens is 1. The van der Waals surface area contributed by atoms with E-state index in [-0.39, 0.29) is 0 Å². The van der Waals surface area contributed by atoms with Gasteiger partial charge < -0.3 is 14.7 Å². The lowest BCUT2D eigenvalue weighted by Gasteiger charge is -2.56. The predicted octanol–water partition coefficient (Wildman–Crippen LogP) is 2.07. The summed E-state index contributed by atoms with van der Waals surface area (Å²) in [5, 5.41) is 10.2. The van der Waals surface area contributed by atoms with Crippen LogP contribution in [-0.4, -0.2) is 38.0 Å². The number of aliphatic hydroxyl groups is 1. The van der Waals surface area contributed by atoms with Crippen LogP contribution in [0, 0.1) is 17.3 Å². The van der Waals surface area contributed by atoms with Crippen LogP contribution in [0.5, 0.6) is 0 Å². The lowest BCUT2D eigenvalue weighted by atomic mass is 9.49. The van der Waals surface area contributed by atoms with Crippen LogP contribution in [0.15, 0.2) is 42.0 Å². The summed E-state index contributed by atoms with van der Waals surface area (Å²) in [5.41, 5.74) is 3.21. The largest absolute Gasteiger partial charge is 0.385 e. The van der Waals surface area contributed by atoms with E-state index in [4.69, 9.17) is 4.74 Å². The zero-order valence-electron chi connectivity index (χ0n) is 15.3. The van der Waals surface area contributed by atoms with Crippen molar-refractivity contribution in [1.82, 2.24) is 0 Å². The van der Waals surface area contributed by atoms with Crippen LogP contribution in [0.2, 0.25) is 0 Å². The molecule has 3 aliphatic carbocycles. The van der Waals surface area contributed by atoms with E-state index in [0.717, 1.165) is 12.5 Å². The summed E-state index contributed by atoms with van der Waals surface area (Å²) in [6.45, 7) is 7.53. The highest BCUT2D eigenvalue weighted by molar-refractivity contribution is 5.23. The van der Waals surface area contributed by atoms with Gasteiger partial charge in [0.25, 0.3) is 0 Å². The summed E-state index contributed by atoms with van der Waals surface area (Å²) in [7, 11) is 2.12. The molecule has 1 fully saturated rings. The normalized spacial score (nSPS) is 27.1. The number of hydrogen-bond donors (Lipinski definition) is 2. The number of benzene rings is 1. The van der Waals surface area contributed by atoms with Crippen molar-refractivity contribution < 1.29 is 14.7 Å². The highest BCUT2D eigenvalue weighted by atomic mass is 16.5. The third-order valence-corrected chi connectivity index (χ3v) is 6.09. The Balaban J connectivity index is 1.37. The highest BCUT2D eigenvalue weighted by Gasteiger charge is 2.50. The number of rotatable bonds is 8. The molecule has 132 valence electrons. The molecule has 2 N–H and O–H groups in total. The molecule has 0 saturated heterocycles. The molecule has 1 aromatic rings. The number of ether oxygens (including phenoxy) is 1. The zero-order valence-corrected chi connectivity index (χ0v) is 15.3.